The maximum absolute atomic E-state index is 11.4. The van der Waals surface area contributed by atoms with Crippen molar-refractivity contribution in [2.45, 2.75) is 0 Å². The van der Waals surface area contributed by atoms with E-state index in [1.807, 2.05) is 0 Å². The number of nitrogens with zero attached hydrogens (tertiary/aromatic N) is 1. The van der Waals surface area contributed by atoms with E-state index in [9.17, 15) is 9.59 Å². The lowest BCUT2D eigenvalue weighted by Crippen LogP contribution is -2.35. The minimum absolute atomic E-state index is 0.203. The Hall–Kier alpha value is -1.75. The lowest BCUT2D eigenvalue weighted by molar-refractivity contribution is -0.144. The largest absolute Gasteiger partial charge is 0.484 e. The second-order valence-corrected chi connectivity index (χ2v) is 3.82. The Balaban J connectivity index is 2.42. The molecular formula is C11H12ClNO4. The van der Waals surface area contributed by atoms with Gasteiger partial charge in [0.2, 0.25) is 0 Å². The molecule has 1 amide bonds. The predicted molar refractivity (Wildman–Crippen MR) is 62.2 cm³/mol. The molecule has 0 fully saturated rings. The maximum Gasteiger partial charge on any atom is 0.323 e. The van der Waals surface area contributed by atoms with E-state index in [0.29, 0.717) is 10.8 Å². The molecule has 0 saturated carbocycles. The zero-order valence-corrected chi connectivity index (χ0v) is 9.98. The van der Waals surface area contributed by atoms with Crippen molar-refractivity contribution in [3.05, 3.63) is 29.3 Å². The molecule has 17 heavy (non-hydrogen) atoms. The van der Waals surface area contributed by atoms with Crippen LogP contribution in [0.4, 0.5) is 0 Å². The van der Waals surface area contributed by atoms with Crippen LogP contribution in [0.1, 0.15) is 0 Å². The van der Waals surface area contributed by atoms with E-state index in [2.05, 4.69) is 0 Å². The monoisotopic (exact) mass is 257 g/mol. The minimum Gasteiger partial charge on any atom is -0.484 e. The summed E-state index contributed by atoms with van der Waals surface area (Å²) < 4.78 is 5.18. The Bertz CT molecular complexity index is 404. The van der Waals surface area contributed by atoms with Gasteiger partial charge in [0.15, 0.2) is 6.61 Å². The molecule has 6 heteroatoms. The van der Waals surface area contributed by atoms with Crippen LogP contribution in [0.15, 0.2) is 24.3 Å². The Kier molecular flexibility index (Phi) is 4.78. The summed E-state index contributed by atoms with van der Waals surface area (Å²) in [5, 5.41) is 9.07. The third-order valence-electron chi connectivity index (χ3n) is 1.97. The maximum atomic E-state index is 11.4. The number of rotatable bonds is 5. The highest BCUT2D eigenvalue weighted by Crippen LogP contribution is 2.15. The first-order valence-corrected chi connectivity index (χ1v) is 5.21. The van der Waals surface area contributed by atoms with Gasteiger partial charge in [-0.2, -0.15) is 0 Å². The molecule has 0 aromatic heterocycles. The van der Waals surface area contributed by atoms with Crippen LogP contribution in [0.25, 0.3) is 0 Å². The topological polar surface area (TPSA) is 66.8 Å². The summed E-state index contributed by atoms with van der Waals surface area (Å²) in [5.41, 5.74) is 0. The average molecular weight is 258 g/mol. The van der Waals surface area contributed by atoms with E-state index in [1.54, 1.807) is 24.3 Å². The van der Waals surface area contributed by atoms with Crippen LogP contribution in [0.5, 0.6) is 5.75 Å². The van der Waals surface area contributed by atoms with Crippen LogP contribution in [0, 0.1) is 0 Å². The number of hydrogen-bond acceptors (Lipinski definition) is 3. The molecule has 0 aliphatic rings. The molecule has 0 atom stereocenters. The molecule has 0 aliphatic carbocycles. The van der Waals surface area contributed by atoms with Gasteiger partial charge in [-0.05, 0) is 24.3 Å². The molecule has 0 saturated heterocycles. The van der Waals surface area contributed by atoms with Gasteiger partial charge in [0, 0.05) is 12.1 Å². The van der Waals surface area contributed by atoms with Gasteiger partial charge in [-0.1, -0.05) is 11.6 Å². The number of ether oxygens (including phenoxy) is 1. The number of likely N-dealkylation sites (N-methyl/N-ethyl adjacent to an activating group) is 1. The molecule has 0 unspecified atom stereocenters. The van der Waals surface area contributed by atoms with Gasteiger partial charge < -0.3 is 14.7 Å². The second kappa shape index (κ2) is 6.10. The number of carbonyl (C=O) groups excluding carboxylic acids is 1. The van der Waals surface area contributed by atoms with E-state index in [-0.39, 0.29) is 13.2 Å². The second-order valence-electron chi connectivity index (χ2n) is 3.39. The first-order valence-electron chi connectivity index (χ1n) is 4.83. The van der Waals surface area contributed by atoms with Gasteiger partial charge in [0.05, 0.1) is 0 Å². The molecule has 1 aromatic carbocycles. The summed E-state index contributed by atoms with van der Waals surface area (Å²) in [6.07, 6.45) is 0. The zero-order valence-electron chi connectivity index (χ0n) is 9.22. The van der Waals surface area contributed by atoms with Crippen LogP contribution in [-0.2, 0) is 9.59 Å². The van der Waals surface area contributed by atoms with Crippen LogP contribution in [-0.4, -0.2) is 42.1 Å². The van der Waals surface area contributed by atoms with Gasteiger partial charge in [-0.3, -0.25) is 9.59 Å². The minimum atomic E-state index is -1.06. The quantitative estimate of drug-likeness (QED) is 0.862. The summed E-state index contributed by atoms with van der Waals surface area (Å²) >= 11 is 5.69. The van der Waals surface area contributed by atoms with E-state index in [1.165, 1.54) is 7.05 Å². The molecule has 92 valence electrons. The molecule has 0 aliphatic heterocycles. The third-order valence-corrected chi connectivity index (χ3v) is 2.23. The van der Waals surface area contributed by atoms with Gasteiger partial charge in [-0.25, -0.2) is 0 Å². The fraction of sp³-hybridized carbons (Fsp3) is 0.273. The predicted octanol–water partition coefficient (Wildman–Crippen LogP) is 1.26. The molecule has 0 heterocycles. The Labute approximate surface area is 104 Å². The van der Waals surface area contributed by atoms with Gasteiger partial charge >= 0.3 is 5.97 Å². The number of halogens is 1. The number of amides is 1. The smallest absolute Gasteiger partial charge is 0.323 e. The van der Waals surface area contributed by atoms with Crippen molar-refractivity contribution < 1.29 is 19.4 Å². The summed E-state index contributed by atoms with van der Waals surface area (Å²) in [6, 6.07) is 6.55. The van der Waals surface area contributed by atoms with Gasteiger partial charge in [0.25, 0.3) is 5.91 Å². The molecule has 1 rings (SSSR count). The standard InChI is InChI=1S/C11H12ClNO4/c1-13(6-11(15)16)10(14)7-17-9-4-2-8(12)3-5-9/h2-5H,6-7H2,1H3,(H,15,16). The summed E-state index contributed by atoms with van der Waals surface area (Å²) in [7, 11) is 1.40. The Morgan fingerprint density at radius 3 is 2.47 bits per heavy atom. The fourth-order valence-electron chi connectivity index (χ4n) is 1.08. The molecule has 1 aromatic rings. The highest BCUT2D eigenvalue weighted by molar-refractivity contribution is 6.30. The Morgan fingerprint density at radius 1 is 1.35 bits per heavy atom. The van der Waals surface area contributed by atoms with E-state index >= 15 is 0 Å². The molecular weight excluding hydrogens is 246 g/mol. The summed E-state index contributed by atoms with van der Waals surface area (Å²) in [5.74, 6) is -0.957. The Morgan fingerprint density at radius 2 is 1.94 bits per heavy atom. The molecule has 1 N–H and O–H groups in total. The third kappa shape index (κ3) is 4.74. The highest BCUT2D eigenvalue weighted by Gasteiger charge is 2.12. The summed E-state index contributed by atoms with van der Waals surface area (Å²) in [4.78, 5) is 22.9. The van der Waals surface area contributed by atoms with Crippen molar-refractivity contribution in [1.82, 2.24) is 4.90 Å². The van der Waals surface area contributed by atoms with Crippen molar-refractivity contribution in [1.29, 1.82) is 0 Å². The fourth-order valence-corrected chi connectivity index (χ4v) is 1.20. The zero-order chi connectivity index (χ0) is 12.8. The first-order chi connectivity index (χ1) is 7.99. The summed E-state index contributed by atoms with van der Waals surface area (Å²) in [6.45, 7) is -0.547. The number of carboxylic acids is 1. The van der Waals surface area contributed by atoms with Gasteiger partial charge in [-0.15, -0.1) is 0 Å². The molecule has 0 spiro atoms. The van der Waals surface area contributed by atoms with E-state index in [0.717, 1.165) is 4.90 Å². The lowest BCUT2D eigenvalue weighted by Gasteiger charge is -2.14. The van der Waals surface area contributed by atoms with E-state index < -0.39 is 11.9 Å². The first kappa shape index (κ1) is 13.3. The van der Waals surface area contributed by atoms with Crippen molar-refractivity contribution >= 4 is 23.5 Å². The lowest BCUT2D eigenvalue weighted by atomic mass is 10.3. The van der Waals surface area contributed by atoms with Crippen molar-refractivity contribution in [2.75, 3.05) is 20.2 Å². The van der Waals surface area contributed by atoms with Crippen LogP contribution < -0.4 is 4.74 Å². The molecule has 5 nitrogen and oxygen atoms in total. The SMILES string of the molecule is CN(CC(=O)O)C(=O)COc1ccc(Cl)cc1. The van der Waals surface area contributed by atoms with E-state index in [4.69, 9.17) is 21.4 Å². The highest BCUT2D eigenvalue weighted by atomic mass is 35.5. The van der Waals surface area contributed by atoms with Crippen LogP contribution >= 0.6 is 11.6 Å². The number of carboxylic acid groups (broad SMARTS) is 1. The number of hydrogen-bond donors (Lipinski definition) is 1. The molecule has 0 radical (unpaired) electrons. The van der Waals surface area contributed by atoms with Crippen LogP contribution in [0.2, 0.25) is 5.02 Å². The average Bonchev–Trinajstić information content (AvgIpc) is 2.27. The number of benzene rings is 1. The number of carbonyl (C=O) groups is 2. The number of aliphatic carboxylic acids is 1. The molecule has 0 bridgehead atoms. The van der Waals surface area contributed by atoms with Crippen molar-refractivity contribution in [3.8, 4) is 5.75 Å². The normalized spacial score (nSPS) is 9.76. The van der Waals surface area contributed by atoms with Crippen molar-refractivity contribution in [3.63, 3.8) is 0 Å². The van der Waals surface area contributed by atoms with Crippen molar-refractivity contribution in [2.24, 2.45) is 0 Å². The van der Waals surface area contributed by atoms with Crippen LogP contribution in [0.3, 0.4) is 0 Å². The van der Waals surface area contributed by atoms with Gasteiger partial charge in [0.1, 0.15) is 12.3 Å².